The maximum Gasteiger partial charge on any atom is 0.0244 e. The Hall–Kier alpha value is -0.380. The molecular formula is C17H25BrN2. The summed E-state index contributed by atoms with van der Waals surface area (Å²) in [4.78, 5) is 2.59. The average molecular weight is 337 g/mol. The predicted molar refractivity (Wildman–Crippen MR) is 87.7 cm³/mol. The van der Waals surface area contributed by atoms with Gasteiger partial charge in [0.05, 0.1) is 0 Å². The number of likely N-dealkylation sites (tertiary alicyclic amines) is 1. The van der Waals surface area contributed by atoms with Gasteiger partial charge in [0.15, 0.2) is 0 Å². The summed E-state index contributed by atoms with van der Waals surface area (Å²) in [5.41, 5.74) is 2.81. The Morgan fingerprint density at radius 3 is 2.60 bits per heavy atom. The highest BCUT2D eigenvalue weighted by Crippen LogP contribution is 2.24. The molecule has 1 aliphatic carbocycles. The fraction of sp³-hybridized carbons (Fsp3) is 0.647. The Balaban J connectivity index is 1.55. The number of hydrogen-bond acceptors (Lipinski definition) is 2. The van der Waals surface area contributed by atoms with Crippen molar-refractivity contribution in [1.29, 1.82) is 0 Å². The SMILES string of the molecule is CC1CCN(Cc2ccc(CNC3CC3)cc2Br)CC1. The molecule has 1 aromatic rings. The highest BCUT2D eigenvalue weighted by molar-refractivity contribution is 9.10. The smallest absolute Gasteiger partial charge is 0.0244 e. The van der Waals surface area contributed by atoms with Crippen LogP contribution in [0.3, 0.4) is 0 Å². The zero-order valence-electron chi connectivity index (χ0n) is 12.4. The van der Waals surface area contributed by atoms with E-state index in [1.54, 1.807) is 0 Å². The summed E-state index contributed by atoms with van der Waals surface area (Å²) in [6, 6.07) is 7.65. The van der Waals surface area contributed by atoms with Crippen molar-refractivity contribution < 1.29 is 0 Å². The van der Waals surface area contributed by atoms with E-state index in [1.807, 2.05) is 0 Å². The van der Waals surface area contributed by atoms with Crippen molar-refractivity contribution in [1.82, 2.24) is 10.2 Å². The number of halogens is 1. The molecule has 2 nitrogen and oxygen atoms in total. The van der Waals surface area contributed by atoms with Crippen LogP contribution in [0, 0.1) is 5.92 Å². The molecule has 0 amide bonds. The lowest BCUT2D eigenvalue weighted by atomic mass is 9.99. The Kier molecular flexibility index (Phi) is 4.79. The van der Waals surface area contributed by atoms with Gasteiger partial charge < -0.3 is 5.32 Å². The van der Waals surface area contributed by atoms with Crippen molar-refractivity contribution in [2.45, 2.75) is 51.7 Å². The summed E-state index contributed by atoms with van der Waals surface area (Å²) in [6.07, 6.45) is 5.40. The van der Waals surface area contributed by atoms with E-state index in [9.17, 15) is 0 Å². The number of hydrogen-bond donors (Lipinski definition) is 1. The van der Waals surface area contributed by atoms with Crippen molar-refractivity contribution in [3.8, 4) is 0 Å². The second-order valence-corrected chi connectivity index (χ2v) is 7.39. The summed E-state index contributed by atoms with van der Waals surface area (Å²) in [6.45, 7) is 6.96. The average Bonchev–Trinajstić information content (AvgIpc) is 3.26. The van der Waals surface area contributed by atoms with E-state index in [2.05, 4.69) is 51.3 Å². The summed E-state index contributed by atoms with van der Waals surface area (Å²) in [5.74, 6) is 0.908. The third kappa shape index (κ3) is 4.06. The Morgan fingerprint density at radius 2 is 1.95 bits per heavy atom. The molecule has 1 N–H and O–H groups in total. The van der Waals surface area contributed by atoms with E-state index in [-0.39, 0.29) is 0 Å². The highest BCUT2D eigenvalue weighted by Gasteiger charge is 2.20. The first kappa shape index (κ1) is 14.6. The van der Waals surface area contributed by atoms with Crippen LogP contribution >= 0.6 is 15.9 Å². The Bertz CT molecular complexity index is 448. The van der Waals surface area contributed by atoms with Crippen LogP contribution in [-0.4, -0.2) is 24.0 Å². The molecule has 0 bridgehead atoms. The van der Waals surface area contributed by atoms with Crippen LogP contribution < -0.4 is 5.32 Å². The van der Waals surface area contributed by atoms with Crippen molar-refractivity contribution in [2.75, 3.05) is 13.1 Å². The first-order valence-corrected chi connectivity index (χ1v) is 8.73. The predicted octanol–water partition coefficient (Wildman–Crippen LogP) is 3.93. The Labute approximate surface area is 131 Å². The number of nitrogens with zero attached hydrogens (tertiary/aromatic N) is 1. The Morgan fingerprint density at radius 1 is 1.20 bits per heavy atom. The van der Waals surface area contributed by atoms with E-state index >= 15 is 0 Å². The fourth-order valence-electron chi connectivity index (χ4n) is 2.84. The number of benzene rings is 1. The molecular weight excluding hydrogens is 312 g/mol. The van der Waals surface area contributed by atoms with E-state index in [0.29, 0.717) is 0 Å². The fourth-order valence-corrected chi connectivity index (χ4v) is 3.39. The third-order valence-corrected chi connectivity index (χ3v) is 5.30. The largest absolute Gasteiger partial charge is 0.310 e. The zero-order valence-corrected chi connectivity index (χ0v) is 14.0. The van der Waals surface area contributed by atoms with Gasteiger partial charge in [-0.1, -0.05) is 35.0 Å². The van der Waals surface area contributed by atoms with E-state index in [4.69, 9.17) is 0 Å². The lowest BCUT2D eigenvalue weighted by Gasteiger charge is -2.30. The van der Waals surface area contributed by atoms with Crippen LogP contribution in [0.1, 0.15) is 43.7 Å². The zero-order chi connectivity index (χ0) is 13.9. The van der Waals surface area contributed by atoms with Gasteiger partial charge in [-0.3, -0.25) is 4.90 Å². The van der Waals surface area contributed by atoms with Crippen LogP contribution in [-0.2, 0) is 13.1 Å². The molecule has 1 saturated heterocycles. The van der Waals surface area contributed by atoms with Crippen LogP contribution in [0.5, 0.6) is 0 Å². The number of piperidine rings is 1. The topological polar surface area (TPSA) is 15.3 Å². The van der Waals surface area contributed by atoms with Crippen LogP contribution in [0.2, 0.25) is 0 Å². The van der Waals surface area contributed by atoms with Gasteiger partial charge >= 0.3 is 0 Å². The van der Waals surface area contributed by atoms with Gasteiger partial charge in [-0.15, -0.1) is 0 Å². The summed E-state index contributed by atoms with van der Waals surface area (Å²) in [7, 11) is 0. The molecule has 1 aromatic carbocycles. The summed E-state index contributed by atoms with van der Waals surface area (Å²) >= 11 is 3.75. The molecule has 110 valence electrons. The van der Waals surface area contributed by atoms with Gasteiger partial charge in [-0.05, 0) is 61.9 Å². The molecule has 0 unspecified atom stereocenters. The second kappa shape index (κ2) is 6.59. The minimum atomic E-state index is 0.781. The molecule has 1 aliphatic heterocycles. The molecule has 1 saturated carbocycles. The molecule has 0 atom stereocenters. The second-order valence-electron chi connectivity index (χ2n) is 6.54. The third-order valence-electron chi connectivity index (χ3n) is 4.56. The van der Waals surface area contributed by atoms with Gasteiger partial charge in [-0.2, -0.15) is 0 Å². The molecule has 2 aliphatic rings. The van der Waals surface area contributed by atoms with Crippen molar-refractivity contribution in [3.63, 3.8) is 0 Å². The van der Waals surface area contributed by atoms with Gasteiger partial charge in [0.25, 0.3) is 0 Å². The molecule has 0 radical (unpaired) electrons. The molecule has 3 rings (SSSR count). The summed E-state index contributed by atoms with van der Waals surface area (Å²) < 4.78 is 1.27. The highest BCUT2D eigenvalue weighted by atomic mass is 79.9. The lowest BCUT2D eigenvalue weighted by Crippen LogP contribution is -2.32. The molecule has 3 heteroatoms. The van der Waals surface area contributed by atoms with E-state index in [0.717, 1.165) is 25.0 Å². The maximum absolute atomic E-state index is 3.75. The van der Waals surface area contributed by atoms with E-state index < -0.39 is 0 Å². The van der Waals surface area contributed by atoms with Crippen molar-refractivity contribution in [3.05, 3.63) is 33.8 Å². The molecule has 20 heavy (non-hydrogen) atoms. The van der Waals surface area contributed by atoms with Crippen LogP contribution in [0.4, 0.5) is 0 Å². The molecule has 0 spiro atoms. The normalized spacial score (nSPS) is 21.3. The van der Waals surface area contributed by atoms with Gasteiger partial charge in [0, 0.05) is 23.6 Å². The molecule has 2 fully saturated rings. The number of rotatable bonds is 5. The first-order valence-electron chi connectivity index (χ1n) is 7.94. The van der Waals surface area contributed by atoms with E-state index in [1.165, 1.54) is 54.4 Å². The summed E-state index contributed by atoms with van der Waals surface area (Å²) in [5, 5.41) is 3.57. The molecule has 0 aromatic heterocycles. The van der Waals surface area contributed by atoms with Gasteiger partial charge in [0.1, 0.15) is 0 Å². The lowest BCUT2D eigenvalue weighted by molar-refractivity contribution is 0.185. The quantitative estimate of drug-likeness (QED) is 0.876. The minimum Gasteiger partial charge on any atom is -0.310 e. The van der Waals surface area contributed by atoms with Crippen LogP contribution in [0.15, 0.2) is 22.7 Å². The monoisotopic (exact) mass is 336 g/mol. The standard InChI is InChI=1S/C17H25BrN2/c1-13-6-8-20(9-7-13)12-15-3-2-14(10-17(15)18)11-19-16-4-5-16/h2-3,10,13,16,19H,4-9,11-12H2,1H3. The van der Waals surface area contributed by atoms with Crippen molar-refractivity contribution in [2.24, 2.45) is 5.92 Å². The first-order chi connectivity index (χ1) is 9.70. The van der Waals surface area contributed by atoms with Crippen molar-refractivity contribution >= 4 is 15.9 Å². The van der Waals surface area contributed by atoms with Crippen LogP contribution in [0.25, 0.3) is 0 Å². The van der Waals surface area contributed by atoms with Gasteiger partial charge in [-0.25, -0.2) is 0 Å². The minimum absolute atomic E-state index is 0.781. The van der Waals surface area contributed by atoms with Gasteiger partial charge in [0.2, 0.25) is 0 Å². The molecule has 1 heterocycles. The number of nitrogens with one attached hydrogen (secondary N) is 1. The maximum atomic E-state index is 3.75.